The van der Waals surface area contributed by atoms with Gasteiger partial charge < -0.3 is 15.5 Å². The van der Waals surface area contributed by atoms with Crippen molar-refractivity contribution in [1.82, 2.24) is 15.5 Å². The Balaban J connectivity index is 1.76. The number of rotatable bonds is 3. The van der Waals surface area contributed by atoms with Crippen molar-refractivity contribution in [2.45, 2.75) is 25.7 Å². The third-order valence-corrected chi connectivity index (χ3v) is 2.71. The molecule has 0 atom stereocenters. The number of anilines is 1. The van der Waals surface area contributed by atoms with E-state index in [1.165, 1.54) is 12.8 Å². The molecular formula is C9H16N4O. The van der Waals surface area contributed by atoms with Crippen LogP contribution in [-0.2, 0) is 6.42 Å². The van der Waals surface area contributed by atoms with Crippen LogP contribution in [0.4, 0.5) is 6.01 Å². The maximum atomic E-state index is 5.34. The molecule has 0 aromatic carbocycles. The fourth-order valence-electron chi connectivity index (χ4n) is 1.87. The zero-order valence-electron chi connectivity index (χ0n) is 8.20. The maximum absolute atomic E-state index is 5.34. The van der Waals surface area contributed by atoms with Gasteiger partial charge in [0, 0.05) is 6.42 Å². The molecule has 0 saturated carbocycles. The molecule has 14 heavy (non-hydrogen) atoms. The highest BCUT2D eigenvalue weighted by Gasteiger charge is 2.14. The fraction of sp³-hybridized carbons (Fsp3) is 0.778. The molecule has 5 nitrogen and oxygen atoms in total. The summed E-state index contributed by atoms with van der Waals surface area (Å²) >= 11 is 0. The number of hydrogen-bond donors (Lipinski definition) is 2. The summed E-state index contributed by atoms with van der Waals surface area (Å²) in [5.74, 6) is 1.46. The van der Waals surface area contributed by atoms with E-state index < -0.39 is 0 Å². The first-order chi connectivity index (χ1) is 6.84. The van der Waals surface area contributed by atoms with E-state index in [0.29, 0.717) is 5.89 Å². The number of piperidine rings is 1. The van der Waals surface area contributed by atoms with Gasteiger partial charge in [0.1, 0.15) is 0 Å². The maximum Gasteiger partial charge on any atom is 0.312 e. The van der Waals surface area contributed by atoms with Gasteiger partial charge in [0.05, 0.1) is 0 Å². The largest absolute Gasteiger partial charge is 0.408 e. The molecule has 1 aliphatic heterocycles. The molecule has 0 spiro atoms. The first-order valence-corrected chi connectivity index (χ1v) is 5.13. The molecule has 5 heteroatoms. The molecule has 1 saturated heterocycles. The molecule has 0 amide bonds. The van der Waals surface area contributed by atoms with Crippen LogP contribution in [0.15, 0.2) is 4.42 Å². The van der Waals surface area contributed by atoms with Crippen LogP contribution >= 0.6 is 0 Å². The highest BCUT2D eigenvalue weighted by atomic mass is 16.4. The minimum absolute atomic E-state index is 0.172. The summed E-state index contributed by atoms with van der Waals surface area (Å²) in [7, 11) is 0. The Kier molecular flexibility index (Phi) is 2.98. The van der Waals surface area contributed by atoms with Gasteiger partial charge in [0.15, 0.2) is 0 Å². The van der Waals surface area contributed by atoms with Crippen molar-refractivity contribution in [3.63, 3.8) is 0 Å². The Bertz CT molecular complexity index is 280. The van der Waals surface area contributed by atoms with E-state index >= 15 is 0 Å². The second-order valence-electron chi connectivity index (χ2n) is 3.77. The van der Waals surface area contributed by atoms with Gasteiger partial charge in [-0.3, -0.25) is 0 Å². The van der Waals surface area contributed by atoms with Crippen molar-refractivity contribution in [1.29, 1.82) is 0 Å². The SMILES string of the molecule is Nc1nnc(CCC2CCNCC2)o1. The number of aryl methyl sites for hydroxylation is 1. The smallest absolute Gasteiger partial charge is 0.312 e. The Morgan fingerprint density at radius 3 is 2.79 bits per heavy atom. The molecule has 1 aromatic heterocycles. The molecule has 0 aliphatic carbocycles. The average Bonchev–Trinajstić information content (AvgIpc) is 2.63. The summed E-state index contributed by atoms with van der Waals surface area (Å²) in [4.78, 5) is 0. The van der Waals surface area contributed by atoms with Crippen LogP contribution < -0.4 is 11.1 Å². The molecule has 0 bridgehead atoms. The number of nitrogens with zero attached hydrogens (tertiary/aromatic N) is 2. The Hall–Kier alpha value is -1.10. The zero-order valence-corrected chi connectivity index (χ0v) is 8.20. The molecule has 2 rings (SSSR count). The third-order valence-electron chi connectivity index (χ3n) is 2.71. The molecule has 1 fully saturated rings. The van der Waals surface area contributed by atoms with Crippen molar-refractivity contribution in [3.05, 3.63) is 5.89 Å². The van der Waals surface area contributed by atoms with Crippen molar-refractivity contribution in [3.8, 4) is 0 Å². The molecule has 1 aliphatic rings. The summed E-state index contributed by atoms with van der Waals surface area (Å²) in [5.41, 5.74) is 5.34. The lowest BCUT2D eigenvalue weighted by molar-refractivity contribution is 0.342. The minimum atomic E-state index is 0.172. The van der Waals surface area contributed by atoms with E-state index in [4.69, 9.17) is 10.2 Å². The molecule has 1 aromatic rings. The quantitative estimate of drug-likeness (QED) is 0.739. The van der Waals surface area contributed by atoms with Gasteiger partial charge in [0.25, 0.3) is 0 Å². The first kappa shape index (κ1) is 9.45. The predicted octanol–water partition coefficient (Wildman–Crippen LogP) is 0.584. The summed E-state index contributed by atoms with van der Waals surface area (Å²) in [6, 6.07) is 0.172. The van der Waals surface area contributed by atoms with E-state index in [1.54, 1.807) is 0 Å². The topological polar surface area (TPSA) is 77.0 Å². The number of hydrogen-bond acceptors (Lipinski definition) is 5. The van der Waals surface area contributed by atoms with Gasteiger partial charge in [-0.25, -0.2) is 0 Å². The second kappa shape index (κ2) is 4.41. The first-order valence-electron chi connectivity index (χ1n) is 5.13. The number of aromatic nitrogens is 2. The highest BCUT2D eigenvalue weighted by Crippen LogP contribution is 2.18. The van der Waals surface area contributed by atoms with Crippen LogP contribution in [0.25, 0.3) is 0 Å². The van der Waals surface area contributed by atoms with E-state index in [2.05, 4.69) is 15.5 Å². The number of nitrogens with two attached hydrogens (primary N) is 1. The molecule has 0 radical (unpaired) electrons. The number of nitrogen functional groups attached to an aromatic ring is 1. The molecule has 78 valence electrons. The molecular weight excluding hydrogens is 180 g/mol. The second-order valence-corrected chi connectivity index (χ2v) is 3.77. The van der Waals surface area contributed by atoms with Crippen molar-refractivity contribution < 1.29 is 4.42 Å². The summed E-state index contributed by atoms with van der Waals surface area (Å²) in [5, 5.41) is 10.8. The number of nitrogens with one attached hydrogen (secondary N) is 1. The van der Waals surface area contributed by atoms with E-state index in [9.17, 15) is 0 Å². The van der Waals surface area contributed by atoms with Crippen molar-refractivity contribution in [2.75, 3.05) is 18.8 Å². The van der Waals surface area contributed by atoms with E-state index in [1.807, 2.05) is 0 Å². The predicted molar refractivity (Wildman–Crippen MR) is 52.6 cm³/mol. The normalized spacial score (nSPS) is 18.6. The van der Waals surface area contributed by atoms with Crippen LogP contribution in [0, 0.1) is 5.92 Å². The summed E-state index contributed by atoms with van der Waals surface area (Å²) in [6.07, 6.45) is 4.49. The third kappa shape index (κ3) is 2.45. The van der Waals surface area contributed by atoms with Gasteiger partial charge in [-0.1, -0.05) is 5.10 Å². The monoisotopic (exact) mass is 196 g/mol. The minimum Gasteiger partial charge on any atom is -0.408 e. The van der Waals surface area contributed by atoms with Gasteiger partial charge in [-0.05, 0) is 38.3 Å². The van der Waals surface area contributed by atoms with Gasteiger partial charge >= 0.3 is 6.01 Å². The summed E-state index contributed by atoms with van der Waals surface area (Å²) < 4.78 is 5.11. The van der Waals surface area contributed by atoms with E-state index in [-0.39, 0.29) is 6.01 Å². The van der Waals surface area contributed by atoms with Crippen molar-refractivity contribution >= 4 is 6.01 Å². The van der Waals surface area contributed by atoms with E-state index in [0.717, 1.165) is 31.8 Å². The van der Waals surface area contributed by atoms with Crippen LogP contribution in [-0.4, -0.2) is 23.3 Å². The van der Waals surface area contributed by atoms with Gasteiger partial charge in [-0.15, -0.1) is 5.10 Å². The van der Waals surface area contributed by atoms with Crippen LogP contribution in [0.2, 0.25) is 0 Å². The fourth-order valence-corrected chi connectivity index (χ4v) is 1.87. The highest BCUT2D eigenvalue weighted by molar-refractivity contribution is 5.04. The Morgan fingerprint density at radius 1 is 1.36 bits per heavy atom. The average molecular weight is 196 g/mol. The molecule has 2 heterocycles. The Labute approximate surface area is 83.1 Å². The lowest BCUT2D eigenvalue weighted by atomic mass is 9.93. The standard InChI is InChI=1S/C9H16N4O/c10-9-13-12-8(14-9)2-1-7-3-5-11-6-4-7/h7,11H,1-6H2,(H2,10,13). The Morgan fingerprint density at radius 2 is 2.14 bits per heavy atom. The van der Waals surface area contributed by atoms with Gasteiger partial charge in [0.2, 0.25) is 5.89 Å². The molecule has 3 N–H and O–H groups in total. The molecule has 0 unspecified atom stereocenters. The van der Waals surface area contributed by atoms with Crippen LogP contribution in [0.5, 0.6) is 0 Å². The van der Waals surface area contributed by atoms with Gasteiger partial charge in [-0.2, -0.15) is 0 Å². The summed E-state index contributed by atoms with van der Waals surface area (Å²) in [6.45, 7) is 2.27. The lowest BCUT2D eigenvalue weighted by Gasteiger charge is -2.21. The van der Waals surface area contributed by atoms with Crippen molar-refractivity contribution in [2.24, 2.45) is 5.92 Å². The van der Waals surface area contributed by atoms with Crippen LogP contribution in [0.3, 0.4) is 0 Å². The lowest BCUT2D eigenvalue weighted by Crippen LogP contribution is -2.27. The zero-order chi connectivity index (χ0) is 9.80. The van der Waals surface area contributed by atoms with Crippen LogP contribution in [0.1, 0.15) is 25.2 Å².